The number of rotatable bonds is 4. The molecule has 1 heteroatoms. The van der Waals surface area contributed by atoms with Gasteiger partial charge in [-0.3, -0.25) is 0 Å². The van der Waals surface area contributed by atoms with Gasteiger partial charge in [0, 0.05) is 0 Å². The van der Waals surface area contributed by atoms with Crippen LogP contribution in [0.2, 0.25) is 0 Å². The van der Waals surface area contributed by atoms with Crippen LogP contribution >= 0.6 is 0 Å². The molecule has 0 rings (SSSR count). The van der Waals surface area contributed by atoms with Gasteiger partial charge in [-0.15, -0.1) is 0 Å². The van der Waals surface area contributed by atoms with Crippen molar-refractivity contribution < 1.29 is 4.74 Å². The molecule has 0 fully saturated rings. The van der Waals surface area contributed by atoms with Crippen molar-refractivity contribution in [3.05, 3.63) is 0 Å². The molecule has 0 saturated heterocycles. The van der Waals surface area contributed by atoms with Crippen LogP contribution in [0.25, 0.3) is 0 Å². The summed E-state index contributed by atoms with van der Waals surface area (Å²) in [6.07, 6.45) is 1.89. The van der Waals surface area contributed by atoms with Crippen LogP contribution in [-0.4, -0.2) is 12.2 Å². The largest absolute Gasteiger partial charge is 0.375 e. The van der Waals surface area contributed by atoms with Crippen LogP contribution in [0.4, 0.5) is 0 Å². The highest BCUT2D eigenvalue weighted by molar-refractivity contribution is 4.72. The summed E-state index contributed by atoms with van der Waals surface area (Å²) in [4.78, 5) is 0. The molecule has 0 aromatic heterocycles. The van der Waals surface area contributed by atoms with Gasteiger partial charge in [-0.25, -0.2) is 0 Å². The van der Waals surface area contributed by atoms with E-state index in [0.29, 0.717) is 23.5 Å². The predicted octanol–water partition coefficient (Wildman–Crippen LogP) is 3.87. The van der Waals surface area contributed by atoms with E-state index in [-0.39, 0.29) is 0 Å². The summed E-state index contributed by atoms with van der Waals surface area (Å²) in [6, 6.07) is 0. The lowest BCUT2D eigenvalue weighted by Crippen LogP contribution is -2.28. The van der Waals surface area contributed by atoms with E-state index in [0.717, 1.165) is 6.42 Å². The highest BCUT2D eigenvalue weighted by atomic mass is 16.5. The quantitative estimate of drug-likeness (QED) is 0.647. The van der Waals surface area contributed by atoms with Gasteiger partial charge in [-0.1, -0.05) is 34.6 Å². The monoisotopic (exact) mass is 186 g/mol. The van der Waals surface area contributed by atoms with E-state index in [1.165, 1.54) is 0 Å². The van der Waals surface area contributed by atoms with Crippen molar-refractivity contribution in [1.82, 2.24) is 0 Å². The standard InChI is InChI=1S/C12H26O/c1-9(2)11(13-10(3)4)8-12(5,6)7/h9-11H,8H2,1-7H3. The molecule has 1 unspecified atom stereocenters. The van der Waals surface area contributed by atoms with Crippen LogP contribution in [0.5, 0.6) is 0 Å². The SMILES string of the molecule is CC(C)OC(CC(C)(C)C)C(C)C. The summed E-state index contributed by atoms with van der Waals surface area (Å²) in [5.41, 5.74) is 0.365. The molecule has 0 aliphatic heterocycles. The van der Waals surface area contributed by atoms with Crippen LogP contribution in [0.1, 0.15) is 54.9 Å². The molecule has 1 atom stereocenters. The predicted molar refractivity (Wildman–Crippen MR) is 58.9 cm³/mol. The van der Waals surface area contributed by atoms with Crippen LogP contribution < -0.4 is 0 Å². The van der Waals surface area contributed by atoms with Gasteiger partial charge in [0.25, 0.3) is 0 Å². The summed E-state index contributed by atoms with van der Waals surface area (Å²) in [6.45, 7) is 15.5. The Labute approximate surface area is 83.9 Å². The lowest BCUT2D eigenvalue weighted by Gasteiger charge is -2.30. The maximum absolute atomic E-state index is 5.89. The molecule has 1 nitrogen and oxygen atoms in total. The Bertz CT molecular complexity index is 131. The Morgan fingerprint density at radius 3 is 1.69 bits per heavy atom. The van der Waals surface area contributed by atoms with Crippen molar-refractivity contribution in [3.8, 4) is 0 Å². The molecule has 0 aliphatic carbocycles. The van der Waals surface area contributed by atoms with Gasteiger partial charge in [0.1, 0.15) is 0 Å². The van der Waals surface area contributed by atoms with E-state index in [2.05, 4.69) is 48.5 Å². The molecule has 0 N–H and O–H groups in total. The first kappa shape index (κ1) is 13.0. The third-order valence-electron chi connectivity index (χ3n) is 2.00. The molecule has 0 aromatic rings. The summed E-state index contributed by atoms with van der Waals surface area (Å²) >= 11 is 0. The topological polar surface area (TPSA) is 9.23 Å². The highest BCUT2D eigenvalue weighted by Gasteiger charge is 2.22. The zero-order valence-electron chi connectivity index (χ0n) is 10.3. The van der Waals surface area contributed by atoms with E-state index in [9.17, 15) is 0 Å². The fraction of sp³-hybridized carbons (Fsp3) is 1.00. The van der Waals surface area contributed by atoms with Gasteiger partial charge in [0.15, 0.2) is 0 Å². The first-order valence-electron chi connectivity index (χ1n) is 5.38. The minimum Gasteiger partial charge on any atom is -0.375 e. The van der Waals surface area contributed by atoms with Crippen molar-refractivity contribution in [1.29, 1.82) is 0 Å². The van der Waals surface area contributed by atoms with Gasteiger partial charge >= 0.3 is 0 Å². The van der Waals surface area contributed by atoms with Gasteiger partial charge in [0.05, 0.1) is 12.2 Å². The van der Waals surface area contributed by atoms with Crippen molar-refractivity contribution in [2.24, 2.45) is 11.3 Å². The highest BCUT2D eigenvalue weighted by Crippen LogP contribution is 2.26. The van der Waals surface area contributed by atoms with Gasteiger partial charge in [0.2, 0.25) is 0 Å². The molecular weight excluding hydrogens is 160 g/mol. The average Bonchev–Trinajstić information content (AvgIpc) is 1.81. The fourth-order valence-electron chi connectivity index (χ4n) is 1.39. The maximum Gasteiger partial charge on any atom is 0.0606 e. The molecular formula is C12H26O. The number of hydrogen-bond donors (Lipinski definition) is 0. The molecule has 0 saturated carbocycles. The van der Waals surface area contributed by atoms with Crippen molar-refractivity contribution in [3.63, 3.8) is 0 Å². The normalized spacial score (nSPS) is 15.5. The minimum atomic E-state index is 0.342. The Balaban J connectivity index is 4.11. The molecule has 13 heavy (non-hydrogen) atoms. The summed E-state index contributed by atoms with van der Waals surface area (Å²) < 4.78 is 5.89. The van der Waals surface area contributed by atoms with Crippen LogP contribution in [0, 0.1) is 11.3 Å². The average molecular weight is 186 g/mol. The van der Waals surface area contributed by atoms with Crippen LogP contribution in [0.3, 0.4) is 0 Å². The van der Waals surface area contributed by atoms with E-state index < -0.39 is 0 Å². The van der Waals surface area contributed by atoms with Gasteiger partial charge < -0.3 is 4.74 Å². The molecule has 0 aliphatic rings. The summed E-state index contributed by atoms with van der Waals surface area (Å²) in [5, 5.41) is 0. The fourth-order valence-corrected chi connectivity index (χ4v) is 1.39. The summed E-state index contributed by atoms with van der Waals surface area (Å²) in [5.74, 6) is 0.613. The Morgan fingerprint density at radius 2 is 1.46 bits per heavy atom. The van der Waals surface area contributed by atoms with Crippen LogP contribution in [0.15, 0.2) is 0 Å². The molecule has 0 radical (unpaired) electrons. The van der Waals surface area contributed by atoms with Crippen LogP contribution in [-0.2, 0) is 4.74 Å². The second-order valence-electron chi connectivity index (χ2n) is 5.73. The van der Waals surface area contributed by atoms with Crippen molar-refractivity contribution >= 4 is 0 Å². The van der Waals surface area contributed by atoms with Gasteiger partial charge in [-0.2, -0.15) is 0 Å². The first-order chi connectivity index (χ1) is 5.72. The molecule has 0 aromatic carbocycles. The molecule has 0 heterocycles. The molecule has 0 amide bonds. The maximum atomic E-state index is 5.89. The van der Waals surface area contributed by atoms with Crippen molar-refractivity contribution in [2.75, 3.05) is 0 Å². The van der Waals surface area contributed by atoms with E-state index in [4.69, 9.17) is 4.74 Å². The zero-order valence-corrected chi connectivity index (χ0v) is 10.3. The first-order valence-corrected chi connectivity index (χ1v) is 5.38. The zero-order chi connectivity index (χ0) is 10.6. The van der Waals surface area contributed by atoms with E-state index in [1.807, 2.05) is 0 Å². The lowest BCUT2D eigenvalue weighted by molar-refractivity contribution is -0.0383. The van der Waals surface area contributed by atoms with E-state index in [1.54, 1.807) is 0 Å². The van der Waals surface area contributed by atoms with E-state index >= 15 is 0 Å². The number of ether oxygens (including phenoxy) is 1. The summed E-state index contributed by atoms with van der Waals surface area (Å²) in [7, 11) is 0. The lowest BCUT2D eigenvalue weighted by atomic mass is 9.85. The number of hydrogen-bond acceptors (Lipinski definition) is 1. The Kier molecular flexibility index (Phi) is 4.98. The minimum absolute atomic E-state index is 0.342. The Hall–Kier alpha value is -0.0400. The Morgan fingerprint density at radius 1 is 1.00 bits per heavy atom. The molecule has 80 valence electrons. The second kappa shape index (κ2) is 4.99. The molecule has 0 spiro atoms. The van der Waals surface area contributed by atoms with Crippen molar-refractivity contribution in [2.45, 2.75) is 67.1 Å². The molecule has 0 bridgehead atoms. The third kappa shape index (κ3) is 7.06. The third-order valence-corrected chi connectivity index (χ3v) is 2.00. The van der Waals surface area contributed by atoms with Gasteiger partial charge in [-0.05, 0) is 31.6 Å². The second-order valence-corrected chi connectivity index (χ2v) is 5.73. The smallest absolute Gasteiger partial charge is 0.0606 e.